The third-order valence-corrected chi connectivity index (χ3v) is 7.14. The van der Waals surface area contributed by atoms with E-state index >= 15 is 0 Å². The fourth-order valence-corrected chi connectivity index (χ4v) is 5.27. The van der Waals surface area contributed by atoms with Crippen molar-refractivity contribution < 1.29 is 9.53 Å². The predicted molar refractivity (Wildman–Crippen MR) is 133 cm³/mol. The molecule has 0 saturated carbocycles. The standard InChI is InChI=1S/C25H24ClN7O2/c1-32-20(19(26)11-31-32)10-15-7-8-17-18(23(15)34)5-2-6-21(17)35-12-16-4-3-9-33(16)25-22-24(28-13-27-22)29-14-30-25/h2,5-6,10-11,13-14,16H,3-4,7-9,12H2,1H3,(H,27,28,29,30). The lowest BCUT2D eigenvalue weighted by molar-refractivity contribution is 0.102. The van der Waals surface area contributed by atoms with Gasteiger partial charge in [0.1, 0.15) is 24.2 Å². The van der Waals surface area contributed by atoms with Gasteiger partial charge in [-0.3, -0.25) is 9.48 Å². The average Bonchev–Trinajstić information content (AvgIpc) is 3.61. The number of aromatic amines is 1. The maximum Gasteiger partial charge on any atom is 0.189 e. The van der Waals surface area contributed by atoms with Crippen molar-refractivity contribution >= 4 is 40.4 Å². The van der Waals surface area contributed by atoms with Gasteiger partial charge in [0.2, 0.25) is 0 Å². The zero-order valence-electron chi connectivity index (χ0n) is 19.2. The van der Waals surface area contributed by atoms with E-state index in [4.69, 9.17) is 16.3 Å². The van der Waals surface area contributed by atoms with E-state index in [9.17, 15) is 4.79 Å². The van der Waals surface area contributed by atoms with Crippen LogP contribution in [0.5, 0.6) is 5.75 Å². The van der Waals surface area contributed by atoms with Crippen LogP contribution in [0.1, 0.15) is 40.9 Å². The molecular formula is C25H24ClN7O2. The van der Waals surface area contributed by atoms with E-state index in [0.717, 1.165) is 59.7 Å². The monoisotopic (exact) mass is 489 g/mol. The second-order valence-corrected chi connectivity index (χ2v) is 9.29. The molecule has 0 amide bonds. The van der Waals surface area contributed by atoms with Crippen molar-refractivity contribution in [1.29, 1.82) is 0 Å². The number of hydrogen-bond donors (Lipinski definition) is 1. The second-order valence-electron chi connectivity index (χ2n) is 8.88. The molecule has 1 atom stereocenters. The number of nitrogens with one attached hydrogen (secondary N) is 1. The van der Waals surface area contributed by atoms with Gasteiger partial charge in [0.25, 0.3) is 0 Å². The molecule has 1 N–H and O–H groups in total. The molecule has 4 heterocycles. The van der Waals surface area contributed by atoms with E-state index in [1.165, 1.54) is 0 Å². The van der Waals surface area contributed by atoms with Crippen molar-refractivity contribution in [3.8, 4) is 5.75 Å². The molecule has 1 aliphatic carbocycles. The number of carbonyl (C=O) groups is 1. The van der Waals surface area contributed by atoms with Crippen LogP contribution >= 0.6 is 11.6 Å². The number of hydrogen-bond acceptors (Lipinski definition) is 7. The van der Waals surface area contributed by atoms with Gasteiger partial charge in [-0.2, -0.15) is 5.10 Å². The van der Waals surface area contributed by atoms with Crippen LogP contribution in [0.25, 0.3) is 17.2 Å². The molecule has 35 heavy (non-hydrogen) atoms. The molecule has 9 nitrogen and oxygen atoms in total. The molecule has 2 aliphatic rings. The number of H-pyrrole nitrogens is 1. The summed E-state index contributed by atoms with van der Waals surface area (Å²) in [4.78, 5) is 31.7. The molecule has 0 radical (unpaired) electrons. The lowest BCUT2D eigenvalue weighted by atomic mass is 9.86. The Hall–Kier alpha value is -3.72. The number of aromatic nitrogens is 6. The molecule has 0 bridgehead atoms. The molecule has 4 aromatic rings. The van der Waals surface area contributed by atoms with Gasteiger partial charge in [0.15, 0.2) is 17.2 Å². The van der Waals surface area contributed by atoms with Crippen LogP contribution in [0.3, 0.4) is 0 Å². The Balaban J connectivity index is 1.22. The van der Waals surface area contributed by atoms with Gasteiger partial charge < -0.3 is 14.6 Å². The van der Waals surface area contributed by atoms with E-state index < -0.39 is 0 Å². The molecule has 3 aromatic heterocycles. The van der Waals surface area contributed by atoms with Gasteiger partial charge in [0.05, 0.1) is 29.3 Å². The third kappa shape index (κ3) is 3.85. The first kappa shape index (κ1) is 21.8. The van der Waals surface area contributed by atoms with E-state index in [1.807, 2.05) is 31.3 Å². The summed E-state index contributed by atoms with van der Waals surface area (Å²) in [6.45, 7) is 1.41. The van der Waals surface area contributed by atoms with Gasteiger partial charge in [-0.05, 0) is 37.8 Å². The highest BCUT2D eigenvalue weighted by atomic mass is 35.5. The van der Waals surface area contributed by atoms with Crippen molar-refractivity contribution in [1.82, 2.24) is 29.7 Å². The molecule has 1 unspecified atom stereocenters. The predicted octanol–water partition coefficient (Wildman–Crippen LogP) is 4.00. The Labute approximate surface area is 206 Å². The van der Waals surface area contributed by atoms with Crippen LogP contribution < -0.4 is 9.64 Å². The first-order valence-corrected chi connectivity index (χ1v) is 12.1. The summed E-state index contributed by atoms with van der Waals surface area (Å²) < 4.78 is 8.02. The van der Waals surface area contributed by atoms with Crippen LogP contribution in [0, 0.1) is 0 Å². The smallest absolute Gasteiger partial charge is 0.189 e. The highest BCUT2D eigenvalue weighted by Gasteiger charge is 2.30. The van der Waals surface area contributed by atoms with Crippen LogP contribution in [-0.4, -0.2) is 54.7 Å². The van der Waals surface area contributed by atoms with E-state index in [1.54, 1.807) is 23.5 Å². The largest absolute Gasteiger partial charge is 0.491 e. The number of nitrogens with zero attached hydrogens (tertiary/aromatic N) is 6. The SMILES string of the molecule is Cn1ncc(Cl)c1C=C1CCc2c(OCC3CCCN3c3ncnc4nc[nH]c34)cccc2C1=O. The number of halogens is 1. The van der Waals surface area contributed by atoms with E-state index in [-0.39, 0.29) is 11.8 Å². The van der Waals surface area contributed by atoms with Crippen molar-refractivity contribution in [2.45, 2.75) is 31.7 Å². The lowest BCUT2D eigenvalue weighted by Gasteiger charge is -2.27. The Morgan fingerprint density at radius 2 is 2.17 bits per heavy atom. The molecule has 1 aliphatic heterocycles. The number of aryl methyl sites for hydroxylation is 1. The van der Waals surface area contributed by atoms with Gasteiger partial charge in [0, 0.05) is 30.3 Å². The van der Waals surface area contributed by atoms with Crippen LogP contribution in [0.4, 0.5) is 5.82 Å². The van der Waals surface area contributed by atoms with Crippen LogP contribution in [-0.2, 0) is 13.5 Å². The summed E-state index contributed by atoms with van der Waals surface area (Å²) in [5.41, 5.74) is 4.63. The minimum atomic E-state index is 0.0130. The van der Waals surface area contributed by atoms with Gasteiger partial charge >= 0.3 is 0 Å². The molecule has 10 heteroatoms. The van der Waals surface area contributed by atoms with Gasteiger partial charge in [-0.25, -0.2) is 15.0 Å². The normalized spacial score (nSPS) is 19.0. The number of rotatable bonds is 5. The molecule has 1 fully saturated rings. The highest BCUT2D eigenvalue weighted by molar-refractivity contribution is 6.32. The number of fused-ring (bicyclic) bond motifs is 2. The summed E-state index contributed by atoms with van der Waals surface area (Å²) in [7, 11) is 1.82. The lowest BCUT2D eigenvalue weighted by Crippen LogP contribution is -2.35. The number of carbonyl (C=O) groups excluding carboxylic acids is 1. The van der Waals surface area contributed by atoms with Crippen molar-refractivity contribution in [2.24, 2.45) is 7.05 Å². The van der Waals surface area contributed by atoms with E-state index in [2.05, 4.69) is 29.9 Å². The Kier molecular flexibility index (Phi) is 5.49. The number of ketones is 1. The Bertz CT molecular complexity index is 1440. The average molecular weight is 490 g/mol. The van der Waals surface area contributed by atoms with Crippen molar-refractivity contribution in [2.75, 3.05) is 18.1 Å². The Morgan fingerprint density at radius 1 is 1.26 bits per heavy atom. The summed E-state index contributed by atoms with van der Waals surface area (Å²) in [6.07, 6.45) is 10.1. The second kappa shape index (κ2) is 8.81. The first-order chi connectivity index (χ1) is 17.1. The van der Waals surface area contributed by atoms with Crippen LogP contribution in [0.15, 0.2) is 42.6 Å². The zero-order chi connectivity index (χ0) is 23.9. The highest BCUT2D eigenvalue weighted by Crippen LogP contribution is 2.34. The summed E-state index contributed by atoms with van der Waals surface area (Å²) >= 11 is 6.25. The molecule has 6 rings (SSSR count). The number of Topliss-reactive ketones (excluding diaryl/α,β-unsaturated/α-hetero) is 1. The van der Waals surface area contributed by atoms with Crippen molar-refractivity contribution in [3.05, 3.63) is 64.5 Å². The summed E-state index contributed by atoms with van der Waals surface area (Å²) in [6, 6.07) is 5.89. The fourth-order valence-electron chi connectivity index (χ4n) is 5.05. The summed E-state index contributed by atoms with van der Waals surface area (Å²) in [5.74, 6) is 1.64. The van der Waals surface area contributed by atoms with Gasteiger partial charge in [-0.1, -0.05) is 23.7 Å². The van der Waals surface area contributed by atoms with Crippen molar-refractivity contribution in [3.63, 3.8) is 0 Å². The third-order valence-electron chi connectivity index (χ3n) is 6.85. The summed E-state index contributed by atoms with van der Waals surface area (Å²) in [5, 5.41) is 4.70. The first-order valence-electron chi connectivity index (χ1n) is 11.7. The maximum absolute atomic E-state index is 13.3. The van der Waals surface area contributed by atoms with E-state index in [0.29, 0.717) is 29.3 Å². The number of imidazole rings is 1. The minimum absolute atomic E-state index is 0.0130. The molecule has 178 valence electrons. The molecular weight excluding hydrogens is 466 g/mol. The van der Waals surface area contributed by atoms with Crippen LogP contribution in [0.2, 0.25) is 5.02 Å². The minimum Gasteiger partial charge on any atom is -0.491 e. The molecule has 0 spiro atoms. The zero-order valence-corrected chi connectivity index (χ0v) is 20.0. The maximum atomic E-state index is 13.3. The number of benzene rings is 1. The number of ether oxygens (including phenoxy) is 1. The number of allylic oxidation sites excluding steroid dienone is 1. The fraction of sp³-hybridized carbons (Fsp3) is 0.320. The quantitative estimate of drug-likeness (QED) is 0.423. The topological polar surface area (TPSA) is 102 Å². The van der Waals surface area contributed by atoms with Gasteiger partial charge in [-0.15, -0.1) is 0 Å². The molecule has 1 aromatic carbocycles. The number of anilines is 1. The Morgan fingerprint density at radius 3 is 3.03 bits per heavy atom. The molecule has 1 saturated heterocycles.